The number of hydrogen-bond acceptors (Lipinski definition) is 3. The fourth-order valence-corrected chi connectivity index (χ4v) is 4.72. The van der Waals surface area contributed by atoms with E-state index >= 15 is 0 Å². The van der Waals surface area contributed by atoms with Gasteiger partial charge in [0.25, 0.3) is 0 Å². The lowest BCUT2D eigenvalue weighted by atomic mass is 9.85. The number of para-hydroxylation sites is 1. The number of carbonyl (C=O) groups is 2. The van der Waals surface area contributed by atoms with Gasteiger partial charge in [-0.15, -0.1) is 0 Å². The molecule has 1 spiro atoms. The summed E-state index contributed by atoms with van der Waals surface area (Å²) in [7, 11) is 0. The van der Waals surface area contributed by atoms with Crippen LogP contribution in [0.3, 0.4) is 0 Å². The molecule has 6 nitrogen and oxygen atoms in total. The summed E-state index contributed by atoms with van der Waals surface area (Å²) in [6, 6.07) is 15.9. The van der Waals surface area contributed by atoms with Crippen molar-refractivity contribution in [1.29, 1.82) is 0 Å². The summed E-state index contributed by atoms with van der Waals surface area (Å²) < 4.78 is 1.99. The first-order chi connectivity index (χ1) is 14.1. The van der Waals surface area contributed by atoms with E-state index in [1.165, 1.54) is 0 Å². The van der Waals surface area contributed by atoms with E-state index in [-0.39, 0.29) is 11.8 Å². The molecule has 2 amide bonds. The molecule has 2 saturated heterocycles. The fraction of sp³-hybridized carbons (Fsp3) is 0.348. The third-order valence-electron chi connectivity index (χ3n) is 6.37. The van der Waals surface area contributed by atoms with Gasteiger partial charge in [0.05, 0.1) is 17.7 Å². The Bertz CT molecular complexity index is 1060. The van der Waals surface area contributed by atoms with Gasteiger partial charge in [-0.2, -0.15) is 0 Å². The molecule has 0 aliphatic carbocycles. The van der Waals surface area contributed by atoms with E-state index in [1.807, 2.05) is 63.0 Å². The van der Waals surface area contributed by atoms with Crippen LogP contribution in [0.15, 0.2) is 60.9 Å². The lowest BCUT2D eigenvalue weighted by molar-refractivity contribution is -0.137. The van der Waals surface area contributed by atoms with E-state index in [1.54, 1.807) is 6.20 Å². The monoisotopic (exact) mass is 388 g/mol. The molecule has 148 valence electrons. The van der Waals surface area contributed by atoms with Gasteiger partial charge >= 0.3 is 0 Å². The summed E-state index contributed by atoms with van der Waals surface area (Å²) in [5.41, 5.74) is 1.56. The summed E-state index contributed by atoms with van der Waals surface area (Å²) >= 11 is 0. The second kappa shape index (κ2) is 7.03. The Morgan fingerprint density at radius 2 is 1.86 bits per heavy atom. The molecule has 3 aromatic rings. The van der Waals surface area contributed by atoms with Gasteiger partial charge in [0, 0.05) is 37.5 Å². The Balaban J connectivity index is 1.26. The van der Waals surface area contributed by atoms with Crippen molar-refractivity contribution >= 4 is 22.7 Å². The van der Waals surface area contributed by atoms with Crippen LogP contribution in [0.1, 0.15) is 18.5 Å². The maximum absolute atomic E-state index is 13.1. The van der Waals surface area contributed by atoms with E-state index in [0.29, 0.717) is 26.2 Å². The molecule has 0 N–H and O–H groups in total. The SMILES string of the molecule is O=C(Cn1ccc2ccccc21)N1CCC2(CCN(Cc3ccccn3)C2=O)C1. The topological polar surface area (TPSA) is 58.4 Å². The van der Waals surface area contributed by atoms with Gasteiger partial charge in [0.15, 0.2) is 0 Å². The van der Waals surface area contributed by atoms with Crippen LogP contribution in [0.25, 0.3) is 10.9 Å². The molecular weight excluding hydrogens is 364 g/mol. The molecule has 6 heteroatoms. The van der Waals surface area contributed by atoms with E-state index < -0.39 is 5.41 Å². The molecule has 1 aromatic carbocycles. The fourth-order valence-electron chi connectivity index (χ4n) is 4.72. The molecule has 2 fully saturated rings. The number of pyridine rings is 1. The van der Waals surface area contributed by atoms with Gasteiger partial charge in [0.1, 0.15) is 6.54 Å². The number of hydrogen-bond donors (Lipinski definition) is 0. The third-order valence-corrected chi connectivity index (χ3v) is 6.37. The van der Waals surface area contributed by atoms with Crippen molar-refractivity contribution < 1.29 is 9.59 Å². The number of amides is 2. The lowest BCUT2D eigenvalue weighted by Gasteiger charge is -2.24. The van der Waals surface area contributed by atoms with E-state index in [9.17, 15) is 9.59 Å². The Morgan fingerprint density at radius 3 is 2.72 bits per heavy atom. The molecule has 0 bridgehead atoms. The minimum absolute atomic E-state index is 0.0826. The molecule has 5 rings (SSSR count). The predicted molar refractivity (Wildman–Crippen MR) is 110 cm³/mol. The van der Waals surface area contributed by atoms with Crippen LogP contribution in [0.5, 0.6) is 0 Å². The number of likely N-dealkylation sites (tertiary alicyclic amines) is 2. The largest absolute Gasteiger partial charge is 0.340 e. The maximum Gasteiger partial charge on any atom is 0.242 e. The predicted octanol–water partition coefficient (Wildman–Crippen LogP) is 2.69. The maximum atomic E-state index is 13.1. The number of aromatic nitrogens is 2. The van der Waals surface area contributed by atoms with Crippen molar-refractivity contribution in [2.24, 2.45) is 5.41 Å². The first kappa shape index (κ1) is 17.9. The smallest absolute Gasteiger partial charge is 0.242 e. The number of rotatable bonds is 4. The average molecular weight is 388 g/mol. The Kier molecular flexibility index (Phi) is 4.34. The zero-order chi connectivity index (χ0) is 19.8. The molecule has 0 saturated carbocycles. The van der Waals surface area contributed by atoms with Crippen molar-refractivity contribution in [3.63, 3.8) is 0 Å². The first-order valence-corrected chi connectivity index (χ1v) is 10.2. The summed E-state index contributed by atoms with van der Waals surface area (Å²) in [4.78, 5) is 34.2. The second-order valence-electron chi connectivity index (χ2n) is 8.15. The van der Waals surface area contributed by atoms with Crippen LogP contribution in [0.2, 0.25) is 0 Å². The highest BCUT2D eigenvalue weighted by atomic mass is 16.2. The highest BCUT2D eigenvalue weighted by Crippen LogP contribution is 2.41. The Morgan fingerprint density at radius 1 is 1.03 bits per heavy atom. The summed E-state index contributed by atoms with van der Waals surface area (Å²) in [6.45, 7) is 2.78. The molecule has 29 heavy (non-hydrogen) atoms. The summed E-state index contributed by atoms with van der Waals surface area (Å²) in [5.74, 6) is 0.254. The summed E-state index contributed by atoms with van der Waals surface area (Å²) in [5, 5.41) is 1.13. The Labute approximate surface area is 169 Å². The van der Waals surface area contributed by atoms with Crippen LogP contribution in [0, 0.1) is 5.41 Å². The van der Waals surface area contributed by atoms with Crippen LogP contribution in [0.4, 0.5) is 0 Å². The van der Waals surface area contributed by atoms with Crippen LogP contribution in [-0.4, -0.2) is 50.8 Å². The quantitative estimate of drug-likeness (QED) is 0.691. The molecule has 0 radical (unpaired) electrons. The number of nitrogens with zero attached hydrogens (tertiary/aromatic N) is 4. The molecular formula is C23H24N4O2. The average Bonchev–Trinajstić information content (AvgIpc) is 3.44. The normalized spacial score (nSPS) is 21.6. The van der Waals surface area contributed by atoms with Crippen LogP contribution >= 0.6 is 0 Å². The van der Waals surface area contributed by atoms with Crippen molar-refractivity contribution in [1.82, 2.24) is 19.4 Å². The lowest BCUT2D eigenvalue weighted by Crippen LogP contribution is -2.39. The van der Waals surface area contributed by atoms with Crippen molar-refractivity contribution in [3.05, 3.63) is 66.6 Å². The van der Waals surface area contributed by atoms with Gasteiger partial charge in [-0.25, -0.2) is 0 Å². The number of benzene rings is 1. The molecule has 2 aliphatic heterocycles. The molecule has 4 heterocycles. The minimum atomic E-state index is -0.413. The highest BCUT2D eigenvalue weighted by molar-refractivity contribution is 5.88. The van der Waals surface area contributed by atoms with E-state index in [2.05, 4.69) is 11.1 Å². The highest BCUT2D eigenvalue weighted by Gasteiger charge is 2.51. The third kappa shape index (κ3) is 3.18. The van der Waals surface area contributed by atoms with Gasteiger partial charge in [-0.1, -0.05) is 24.3 Å². The molecule has 1 atom stereocenters. The first-order valence-electron chi connectivity index (χ1n) is 10.2. The molecule has 2 aromatic heterocycles. The van der Waals surface area contributed by atoms with Crippen LogP contribution in [-0.2, 0) is 22.7 Å². The van der Waals surface area contributed by atoms with E-state index in [0.717, 1.165) is 36.0 Å². The Hall–Kier alpha value is -3.15. The van der Waals surface area contributed by atoms with Crippen molar-refractivity contribution in [2.75, 3.05) is 19.6 Å². The van der Waals surface area contributed by atoms with Crippen molar-refractivity contribution in [3.8, 4) is 0 Å². The zero-order valence-electron chi connectivity index (χ0n) is 16.3. The van der Waals surface area contributed by atoms with Gasteiger partial charge in [-0.3, -0.25) is 14.6 Å². The number of fused-ring (bicyclic) bond motifs is 1. The molecule has 2 aliphatic rings. The summed E-state index contributed by atoms with van der Waals surface area (Å²) in [6.07, 6.45) is 5.29. The van der Waals surface area contributed by atoms with Gasteiger partial charge in [0.2, 0.25) is 11.8 Å². The standard InChI is InChI=1S/C23H24N4O2/c28-21(16-25-12-8-18-5-1-2-7-20(18)25)27-14-10-23(17-27)9-13-26(22(23)29)15-19-6-3-4-11-24-19/h1-8,11-12H,9-10,13-17H2. The second-order valence-corrected chi connectivity index (χ2v) is 8.15. The van der Waals surface area contributed by atoms with E-state index in [4.69, 9.17) is 0 Å². The minimum Gasteiger partial charge on any atom is -0.340 e. The zero-order valence-corrected chi connectivity index (χ0v) is 16.3. The number of carbonyl (C=O) groups excluding carboxylic acids is 2. The van der Waals surface area contributed by atoms with Crippen LogP contribution < -0.4 is 0 Å². The molecule has 1 unspecified atom stereocenters. The van der Waals surface area contributed by atoms with Gasteiger partial charge in [-0.05, 0) is 42.5 Å². The van der Waals surface area contributed by atoms with Gasteiger partial charge < -0.3 is 14.4 Å². The van der Waals surface area contributed by atoms with Crippen molar-refractivity contribution in [2.45, 2.75) is 25.9 Å².